The van der Waals surface area contributed by atoms with E-state index in [2.05, 4.69) is 9.97 Å². The molecule has 3 rings (SSSR count). The van der Waals surface area contributed by atoms with Gasteiger partial charge in [0.25, 0.3) is 0 Å². The van der Waals surface area contributed by atoms with E-state index in [1.54, 1.807) is 22.4 Å². The average molecular weight is 297 g/mol. The van der Waals surface area contributed by atoms with Gasteiger partial charge in [-0.1, -0.05) is 0 Å². The lowest BCUT2D eigenvalue weighted by molar-refractivity contribution is 0.0757. The maximum absolute atomic E-state index is 12.5. The van der Waals surface area contributed by atoms with Crippen LogP contribution in [-0.2, 0) is 12.6 Å². The van der Waals surface area contributed by atoms with E-state index in [9.17, 15) is 9.90 Å². The lowest BCUT2D eigenvalue weighted by atomic mass is 9.81. The molecule has 108 valence electrons. The van der Waals surface area contributed by atoms with Crippen LogP contribution in [-0.4, -0.2) is 30.3 Å². The Labute approximate surface area is 121 Å². The summed E-state index contributed by atoms with van der Waals surface area (Å²) in [7, 11) is 1.71. The topological polar surface area (TPSA) is 72.9 Å². The average Bonchev–Trinajstić information content (AvgIpc) is 2.66. The highest BCUT2D eigenvalue weighted by molar-refractivity contribution is 6.28. The number of hydrogen-bond acceptors (Lipinski definition) is 4. The third-order valence-corrected chi connectivity index (χ3v) is 4.53. The molecular weight excluding hydrogens is 280 g/mol. The van der Waals surface area contributed by atoms with Gasteiger partial charge in [0.2, 0.25) is 5.28 Å². The normalized spacial score (nSPS) is 27.1. The molecule has 0 aliphatic heterocycles. The molecule has 0 bridgehead atoms. The number of hydrogen-bond donors (Lipinski definition) is 1. The molecule has 1 fully saturated rings. The zero-order valence-corrected chi connectivity index (χ0v) is 12.3. The van der Waals surface area contributed by atoms with E-state index < -0.39 is 0 Å². The van der Waals surface area contributed by atoms with Gasteiger partial charge in [0.15, 0.2) is 5.65 Å². The number of aromatic nitrogens is 4. The van der Waals surface area contributed by atoms with Crippen LogP contribution in [0.3, 0.4) is 0 Å². The van der Waals surface area contributed by atoms with Crippen molar-refractivity contribution in [2.45, 2.75) is 44.2 Å². The van der Waals surface area contributed by atoms with E-state index in [1.165, 1.54) is 0 Å². The van der Waals surface area contributed by atoms with Crippen LogP contribution in [0.4, 0.5) is 0 Å². The van der Waals surface area contributed by atoms with Crippen molar-refractivity contribution in [2.24, 2.45) is 7.05 Å². The number of aliphatic hydroxyl groups excluding tert-OH is 1. The van der Waals surface area contributed by atoms with Gasteiger partial charge in [0.05, 0.1) is 12.3 Å². The van der Waals surface area contributed by atoms with Crippen LogP contribution >= 0.6 is 11.6 Å². The number of imidazole rings is 1. The molecule has 0 spiro atoms. The molecule has 1 N–H and O–H groups in total. The Hall–Kier alpha value is -1.40. The van der Waals surface area contributed by atoms with E-state index in [1.807, 2.05) is 6.92 Å². The van der Waals surface area contributed by atoms with E-state index >= 15 is 0 Å². The molecule has 0 aromatic carbocycles. The van der Waals surface area contributed by atoms with Gasteiger partial charge in [-0.2, -0.15) is 4.98 Å². The van der Waals surface area contributed by atoms with Crippen molar-refractivity contribution in [2.75, 3.05) is 0 Å². The minimum Gasteiger partial charge on any atom is -0.393 e. The summed E-state index contributed by atoms with van der Waals surface area (Å²) in [5.74, 6) is 0. The largest absolute Gasteiger partial charge is 0.393 e. The molecule has 1 saturated carbocycles. The van der Waals surface area contributed by atoms with Crippen molar-refractivity contribution in [3.05, 3.63) is 22.0 Å². The van der Waals surface area contributed by atoms with Crippen LogP contribution in [0.5, 0.6) is 0 Å². The first kappa shape index (κ1) is 13.6. The molecule has 6 nitrogen and oxygen atoms in total. The lowest BCUT2D eigenvalue weighted by Gasteiger charge is -2.36. The quantitative estimate of drug-likeness (QED) is 0.808. The van der Waals surface area contributed by atoms with E-state index in [0.29, 0.717) is 24.0 Å². The van der Waals surface area contributed by atoms with Crippen molar-refractivity contribution >= 4 is 22.8 Å². The smallest absolute Gasteiger partial charge is 0.330 e. The highest BCUT2D eigenvalue weighted by Gasteiger charge is 2.35. The number of fused-ring (bicyclic) bond motifs is 1. The molecule has 0 saturated heterocycles. The van der Waals surface area contributed by atoms with Gasteiger partial charge in [-0.25, -0.2) is 9.78 Å². The summed E-state index contributed by atoms with van der Waals surface area (Å²) < 4.78 is 3.25. The molecule has 0 atom stereocenters. The molecule has 1 aliphatic carbocycles. The first-order valence-electron chi connectivity index (χ1n) is 6.71. The molecule has 2 heterocycles. The maximum atomic E-state index is 12.5. The minimum absolute atomic E-state index is 0.115. The first-order chi connectivity index (χ1) is 9.42. The summed E-state index contributed by atoms with van der Waals surface area (Å²) in [5.41, 5.74) is 0.784. The van der Waals surface area contributed by atoms with Gasteiger partial charge in [0, 0.05) is 12.6 Å². The second-order valence-corrected chi connectivity index (χ2v) is 6.09. The van der Waals surface area contributed by atoms with E-state index in [0.717, 1.165) is 12.8 Å². The second-order valence-electron chi connectivity index (χ2n) is 5.75. The van der Waals surface area contributed by atoms with Crippen LogP contribution in [0.1, 0.15) is 32.6 Å². The van der Waals surface area contributed by atoms with Crippen LogP contribution in [0.15, 0.2) is 11.0 Å². The van der Waals surface area contributed by atoms with Crippen molar-refractivity contribution in [3.63, 3.8) is 0 Å². The predicted molar refractivity (Wildman–Crippen MR) is 75.9 cm³/mol. The van der Waals surface area contributed by atoms with Gasteiger partial charge in [-0.3, -0.25) is 9.13 Å². The summed E-state index contributed by atoms with van der Waals surface area (Å²) in [6.07, 6.45) is 4.18. The Kier molecular flexibility index (Phi) is 3.10. The van der Waals surface area contributed by atoms with Crippen LogP contribution in [0.2, 0.25) is 5.28 Å². The fraction of sp³-hybridized carbons (Fsp3) is 0.615. The van der Waals surface area contributed by atoms with Gasteiger partial charge in [-0.15, -0.1) is 0 Å². The molecular formula is C13H17ClN4O2. The highest BCUT2D eigenvalue weighted by Crippen LogP contribution is 2.35. The molecule has 2 aromatic heterocycles. The number of nitrogens with zero attached hydrogens (tertiary/aromatic N) is 4. The van der Waals surface area contributed by atoms with Gasteiger partial charge in [0.1, 0.15) is 5.52 Å². The molecule has 20 heavy (non-hydrogen) atoms. The SMILES string of the molecule is Cn1c(=O)n([C@]2(C)CC[C@@H](O)CC2)c2nc(Cl)ncc21. The summed E-state index contributed by atoms with van der Waals surface area (Å²) in [5, 5.41) is 9.82. The Bertz CT molecular complexity index is 713. The predicted octanol–water partition coefficient (Wildman–Crippen LogP) is 1.43. The zero-order valence-electron chi connectivity index (χ0n) is 11.5. The third kappa shape index (κ3) is 1.94. The lowest BCUT2D eigenvalue weighted by Crippen LogP contribution is -2.42. The number of rotatable bonds is 1. The monoisotopic (exact) mass is 296 g/mol. The summed E-state index contributed by atoms with van der Waals surface area (Å²) >= 11 is 5.87. The van der Waals surface area contributed by atoms with Crippen molar-refractivity contribution in [1.29, 1.82) is 0 Å². The van der Waals surface area contributed by atoms with Crippen molar-refractivity contribution < 1.29 is 5.11 Å². The summed E-state index contributed by atoms with van der Waals surface area (Å²) in [4.78, 5) is 20.7. The zero-order chi connectivity index (χ0) is 14.5. The Morgan fingerprint density at radius 1 is 1.45 bits per heavy atom. The Balaban J connectivity index is 2.23. The molecule has 2 aromatic rings. The van der Waals surface area contributed by atoms with Crippen molar-refractivity contribution in [3.8, 4) is 0 Å². The van der Waals surface area contributed by atoms with E-state index in [-0.39, 0.29) is 22.6 Å². The molecule has 0 amide bonds. The first-order valence-corrected chi connectivity index (χ1v) is 7.09. The van der Waals surface area contributed by atoms with Gasteiger partial charge in [-0.05, 0) is 44.2 Å². The van der Waals surface area contributed by atoms with Crippen LogP contribution < -0.4 is 5.69 Å². The van der Waals surface area contributed by atoms with Gasteiger partial charge < -0.3 is 5.11 Å². The maximum Gasteiger partial charge on any atom is 0.330 e. The third-order valence-electron chi connectivity index (χ3n) is 4.34. The van der Waals surface area contributed by atoms with Crippen LogP contribution in [0.25, 0.3) is 11.2 Å². The Morgan fingerprint density at radius 3 is 2.75 bits per heavy atom. The van der Waals surface area contributed by atoms with E-state index in [4.69, 9.17) is 11.6 Å². The highest BCUT2D eigenvalue weighted by atomic mass is 35.5. The summed E-state index contributed by atoms with van der Waals surface area (Å²) in [6, 6.07) is 0. The van der Waals surface area contributed by atoms with Crippen LogP contribution in [0, 0.1) is 0 Å². The fourth-order valence-corrected chi connectivity index (χ4v) is 3.15. The minimum atomic E-state index is -0.340. The summed E-state index contributed by atoms with van der Waals surface area (Å²) in [6.45, 7) is 2.04. The Morgan fingerprint density at radius 2 is 2.10 bits per heavy atom. The number of aryl methyl sites for hydroxylation is 1. The molecule has 0 unspecified atom stereocenters. The van der Waals surface area contributed by atoms with Gasteiger partial charge >= 0.3 is 5.69 Å². The second kappa shape index (κ2) is 4.56. The fourth-order valence-electron chi connectivity index (χ4n) is 3.03. The molecule has 1 aliphatic rings. The van der Waals surface area contributed by atoms with Crippen molar-refractivity contribution in [1.82, 2.24) is 19.1 Å². The number of aliphatic hydroxyl groups is 1. The standard InChI is InChI=1S/C13H17ClN4O2/c1-13(5-3-8(19)4-6-13)18-10-9(17(2)12(18)20)7-15-11(14)16-10/h7-8,19H,3-6H2,1-2H3/t8-,13-. The number of halogens is 1. The molecule has 7 heteroatoms. The molecule has 0 radical (unpaired) electrons.